The number of hydrogen-bond acceptors (Lipinski definition) is 4. The lowest BCUT2D eigenvalue weighted by molar-refractivity contribution is 0.328. The van der Waals surface area contributed by atoms with E-state index < -0.39 is 0 Å². The van der Waals surface area contributed by atoms with Crippen molar-refractivity contribution < 1.29 is 0 Å². The highest BCUT2D eigenvalue weighted by Crippen LogP contribution is 1.95. The van der Waals surface area contributed by atoms with E-state index in [0.29, 0.717) is 0 Å². The van der Waals surface area contributed by atoms with Crippen molar-refractivity contribution in [3.63, 3.8) is 0 Å². The second kappa shape index (κ2) is 9.03. The maximum atomic E-state index is 4.33. The van der Waals surface area contributed by atoms with Crippen LogP contribution in [0.25, 0.3) is 0 Å². The molecule has 1 aromatic rings. The quantitative estimate of drug-likeness (QED) is 0.654. The average Bonchev–Trinajstić information content (AvgIpc) is 2.37. The summed E-state index contributed by atoms with van der Waals surface area (Å²) in [5, 5.41) is 3.45. The Morgan fingerprint density at radius 2 is 1.83 bits per heavy atom. The molecule has 0 saturated heterocycles. The van der Waals surface area contributed by atoms with E-state index in [2.05, 4.69) is 47.3 Å². The summed E-state index contributed by atoms with van der Waals surface area (Å²) in [5.74, 6) is 0. The molecule has 1 heterocycles. The average molecular weight is 250 g/mol. The first-order valence-corrected chi connectivity index (χ1v) is 6.62. The minimum Gasteiger partial charge on any atom is -0.314 e. The Morgan fingerprint density at radius 3 is 2.50 bits per heavy atom. The molecular weight excluding hydrogens is 224 g/mol. The molecule has 18 heavy (non-hydrogen) atoms. The van der Waals surface area contributed by atoms with Gasteiger partial charge in [0.15, 0.2) is 0 Å². The van der Waals surface area contributed by atoms with Gasteiger partial charge < -0.3 is 15.1 Å². The van der Waals surface area contributed by atoms with Crippen molar-refractivity contribution in [1.82, 2.24) is 20.1 Å². The Hall–Kier alpha value is -0.970. The van der Waals surface area contributed by atoms with E-state index in [-0.39, 0.29) is 0 Å². The monoisotopic (exact) mass is 250 g/mol. The maximum Gasteiger partial charge on any atom is 0.0416 e. The van der Waals surface area contributed by atoms with E-state index in [9.17, 15) is 0 Å². The third-order valence-electron chi connectivity index (χ3n) is 2.88. The molecule has 0 unspecified atom stereocenters. The van der Waals surface area contributed by atoms with Crippen molar-refractivity contribution in [3.8, 4) is 0 Å². The van der Waals surface area contributed by atoms with Gasteiger partial charge in [-0.1, -0.05) is 6.07 Å². The van der Waals surface area contributed by atoms with Crippen LogP contribution in [-0.4, -0.2) is 68.7 Å². The lowest BCUT2D eigenvalue weighted by Gasteiger charge is -2.17. The molecule has 0 amide bonds. The largest absolute Gasteiger partial charge is 0.314 e. The van der Waals surface area contributed by atoms with E-state index in [0.717, 1.165) is 39.1 Å². The van der Waals surface area contributed by atoms with Gasteiger partial charge in [0.25, 0.3) is 0 Å². The van der Waals surface area contributed by atoms with Crippen LogP contribution >= 0.6 is 0 Å². The Bertz CT molecular complexity index is 300. The van der Waals surface area contributed by atoms with Gasteiger partial charge in [0, 0.05) is 51.0 Å². The molecule has 0 aliphatic heterocycles. The highest BCUT2D eigenvalue weighted by Gasteiger charge is 1.99. The fourth-order valence-electron chi connectivity index (χ4n) is 1.66. The second-order valence-electron chi connectivity index (χ2n) is 4.93. The first-order valence-electron chi connectivity index (χ1n) is 6.62. The number of pyridine rings is 1. The normalized spacial score (nSPS) is 11.4. The van der Waals surface area contributed by atoms with Crippen LogP contribution < -0.4 is 5.32 Å². The molecule has 1 N–H and O–H groups in total. The van der Waals surface area contributed by atoms with E-state index in [4.69, 9.17) is 0 Å². The Labute approximate surface area is 111 Å². The molecule has 0 radical (unpaired) electrons. The summed E-state index contributed by atoms with van der Waals surface area (Å²) >= 11 is 0. The Kier molecular flexibility index (Phi) is 7.57. The second-order valence-corrected chi connectivity index (χ2v) is 4.93. The van der Waals surface area contributed by atoms with Gasteiger partial charge in [0.2, 0.25) is 0 Å². The van der Waals surface area contributed by atoms with Crippen molar-refractivity contribution in [1.29, 1.82) is 0 Å². The molecule has 0 saturated carbocycles. The topological polar surface area (TPSA) is 31.4 Å². The van der Waals surface area contributed by atoms with Crippen LogP contribution in [0.15, 0.2) is 24.4 Å². The van der Waals surface area contributed by atoms with Gasteiger partial charge in [-0.3, -0.25) is 4.98 Å². The predicted molar refractivity (Wildman–Crippen MR) is 76.9 cm³/mol. The molecule has 0 aromatic carbocycles. The van der Waals surface area contributed by atoms with Gasteiger partial charge >= 0.3 is 0 Å². The van der Waals surface area contributed by atoms with Gasteiger partial charge in [-0.25, -0.2) is 0 Å². The fourth-order valence-corrected chi connectivity index (χ4v) is 1.66. The van der Waals surface area contributed by atoms with Gasteiger partial charge in [-0.2, -0.15) is 0 Å². The van der Waals surface area contributed by atoms with Crippen LogP contribution in [-0.2, 0) is 6.42 Å². The van der Waals surface area contributed by atoms with Crippen molar-refractivity contribution in [3.05, 3.63) is 30.1 Å². The molecule has 4 nitrogen and oxygen atoms in total. The molecule has 0 spiro atoms. The number of nitrogens with one attached hydrogen (secondary N) is 1. The SMILES string of the molecule is CN(C)CCNCCN(C)CCc1ccccn1. The minimum atomic E-state index is 1.02. The van der Waals surface area contributed by atoms with E-state index >= 15 is 0 Å². The lowest BCUT2D eigenvalue weighted by Crippen LogP contribution is -2.34. The standard InChI is InChI=1S/C14H26N4/c1-17(2)12-9-15-10-13-18(3)11-7-14-6-4-5-8-16-14/h4-6,8,15H,7,9-13H2,1-3H3. The van der Waals surface area contributed by atoms with Crippen LogP contribution in [0.1, 0.15) is 5.69 Å². The van der Waals surface area contributed by atoms with Gasteiger partial charge in [-0.05, 0) is 33.3 Å². The summed E-state index contributed by atoms with van der Waals surface area (Å²) in [7, 11) is 6.36. The molecule has 0 bridgehead atoms. The maximum absolute atomic E-state index is 4.33. The Morgan fingerprint density at radius 1 is 1.06 bits per heavy atom. The van der Waals surface area contributed by atoms with Crippen molar-refractivity contribution >= 4 is 0 Å². The Balaban J connectivity index is 2.02. The van der Waals surface area contributed by atoms with E-state index in [1.54, 1.807) is 0 Å². The third kappa shape index (κ3) is 7.37. The number of rotatable bonds is 9. The summed E-state index contributed by atoms with van der Waals surface area (Å²) in [6.45, 7) is 5.35. The van der Waals surface area contributed by atoms with Crippen molar-refractivity contribution in [2.24, 2.45) is 0 Å². The van der Waals surface area contributed by atoms with Crippen LogP contribution in [0.2, 0.25) is 0 Å². The van der Waals surface area contributed by atoms with Crippen LogP contribution in [0.5, 0.6) is 0 Å². The zero-order chi connectivity index (χ0) is 13.2. The van der Waals surface area contributed by atoms with Gasteiger partial charge in [0.05, 0.1) is 0 Å². The number of likely N-dealkylation sites (N-methyl/N-ethyl adjacent to an activating group) is 2. The zero-order valence-corrected chi connectivity index (χ0v) is 11.9. The molecule has 0 fully saturated rings. The first kappa shape index (κ1) is 15.1. The smallest absolute Gasteiger partial charge is 0.0416 e. The molecule has 1 aromatic heterocycles. The number of nitrogens with zero attached hydrogens (tertiary/aromatic N) is 3. The molecule has 0 aliphatic carbocycles. The first-order chi connectivity index (χ1) is 8.68. The number of hydrogen-bond donors (Lipinski definition) is 1. The van der Waals surface area contributed by atoms with Crippen LogP contribution in [0.3, 0.4) is 0 Å². The van der Waals surface area contributed by atoms with Crippen molar-refractivity contribution in [2.45, 2.75) is 6.42 Å². The van der Waals surface area contributed by atoms with Crippen LogP contribution in [0, 0.1) is 0 Å². The molecular formula is C14H26N4. The molecule has 102 valence electrons. The van der Waals surface area contributed by atoms with Crippen LogP contribution in [0.4, 0.5) is 0 Å². The fraction of sp³-hybridized carbons (Fsp3) is 0.643. The van der Waals surface area contributed by atoms with E-state index in [1.807, 2.05) is 18.3 Å². The summed E-state index contributed by atoms with van der Waals surface area (Å²) < 4.78 is 0. The summed E-state index contributed by atoms with van der Waals surface area (Å²) in [5.41, 5.74) is 1.17. The molecule has 4 heteroatoms. The van der Waals surface area contributed by atoms with Gasteiger partial charge in [0.1, 0.15) is 0 Å². The highest BCUT2D eigenvalue weighted by molar-refractivity contribution is 5.03. The zero-order valence-electron chi connectivity index (χ0n) is 11.9. The van der Waals surface area contributed by atoms with Gasteiger partial charge in [-0.15, -0.1) is 0 Å². The summed E-state index contributed by atoms with van der Waals surface area (Å²) in [6, 6.07) is 6.09. The summed E-state index contributed by atoms with van der Waals surface area (Å²) in [4.78, 5) is 8.87. The highest BCUT2D eigenvalue weighted by atomic mass is 15.1. The molecule has 1 rings (SSSR count). The number of aromatic nitrogens is 1. The minimum absolute atomic E-state index is 1.02. The lowest BCUT2D eigenvalue weighted by atomic mass is 10.2. The third-order valence-corrected chi connectivity index (χ3v) is 2.88. The molecule has 0 atom stereocenters. The molecule has 0 aliphatic rings. The van der Waals surface area contributed by atoms with Crippen molar-refractivity contribution in [2.75, 3.05) is 53.9 Å². The predicted octanol–water partition coefficient (Wildman–Crippen LogP) is 0.707. The summed E-state index contributed by atoms with van der Waals surface area (Å²) in [6.07, 6.45) is 2.88. The van der Waals surface area contributed by atoms with E-state index in [1.165, 1.54) is 5.69 Å².